The molecule has 0 aliphatic rings. The highest BCUT2D eigenvalue weighted by atomic mass is 17.1. The summed E-state index contributed by atoms with van der Waals surface area (Å²) in [6, 6.07) is 0. The molecule has 5 nitrogen and oxygen atoms in total. The van der Waals surface area contributed by atoms with Crippen LogP contribution in [0.3, 0.4) is 0 Å². The smallest absolute Gasteiger partial charge is 0.318 e. The van der Waals surface area contributed by atoms with Gasteiger partial charge in [0.2, 0.25) is 0 Å². The summed E-state index contributed by atoms with van der Waals surface area (Å²) >= 11 is 0. The Bertz CT molecular complexity index is 81.4. The van der Waals surface area contributed by atoms with Crippen molar-refractivity contribution in [2.24, 2.45) is 0 Å². The Morgan fingerprint density at radius 2 is 2.25 bits per heavy atom. The van der Waals surface area contributed by atoms with Crippen molar-refractivity contribution >= 4 is 5.97 Å². The number of rotatable bonds is 2. The van der Waals surface area contributed by atoms with Crippen molar-refractivity contribution < 1.29 is 20.0 Å². The van der Waals surface area contributed by atoms with E-state index in [0.29, 0.717) is 0 Å². The van der Waals surface area contributed by atoms with Crippen LogP contribution < -0.4 is 0 Å². The zero-order valence-electron chi connectivity index (χ0n) is 4.37. The Kier molecular flexibility index (Phi) is 3.09. The van der Waals surface area contributed by atoms with E-state index < -0.39 is 11.4 Å². The molecule has 0 spiro atoms. The lowest BCUT2D eigenvalue weighted by Gasteiger charge is -2.02. The van der Waals surface area contributed by atoms with Crippen LogP contribution in [0.1, 0.15) is 13.3 Å². The highest BCUT2D eigenvalue weighted by molar-refractivity contribution is 5.68. The van der Waals surface area contributed by atoms with Gasteiger partial charge in [0, 0.05) is 6.42 Å². The van der Waals surface area contributed by atoms with Crippen LogP contribution in [0.2, 0.25) is 0 Å². The Labute approximate surface area is 46.0 Å². The maximum atomic E-state index is 10.0. The summed E-state index contributed by atoms with van der Waals surface area (Å²) in [7, 11) is 0. The predicted molar refractivity (Wildman–Crippen MR) is 21.8 cm³/mol. The molecule has 0 saturated carbocycles. The highest BCUT2D eigenvalue weighted by Crippen LogP contribution is 1.83. The number of nitrogens with zero attached hydrogens (tertiary/aromatic N) is 1. The van der Waals surface area contributed by atoms with Gasteiger partial charge in [-0.2, -0.15) is 0 Å². The van der Waals surface area contributed by atoms with Crippen LogP contribution in [-0.2, 0) is 9.63 Å². The van der Waals surface area contributed by atoms with Crippen LogP contribution in [0.25, 0.3) is 0 Å². The largest absolute Gasteiger partial charge is 0.330 e. The van der Waals surface area contributed by atoms with Crippen molar-refractivity contribution in [3.05, 3.63) is 0 Å². The van der Waals surface area contributed by atoms with Crippen LogP contribution in [0, 0.1) is 0 Å². The Morgan fingerprint density at radius 3 is 2.38 bits per heavy atom. The van der Waals surface area contributed by atoms with Gasteiger partial charge < -0.3 is 4.84 Å². The standard InChI is InChI=1S/C3H7NO4/c1-2-3(5)8-4(6)7/h6-7H,2H2,1H3. The lowest BCUT2D eigenvalue weighted by molar-refractivity contribution is -0.469. The minimum atomic E-state index is -0.699. The molecule has 0 aromatic rings. The lowest BCUT2D eigenvalue weighted by atomic mass is 10.5. The summed E-state index contributed by atoms with van der Waals surface area (Å²) < 4.78 is 0. The fraction of sp³-hybridized carbons (Fsp3) is 0.667. The van der Waals surface area contributed by atoms with Gasteiger partial charge in [0.1, 0.15) is 5.39 Å². The summed E-state index contributed by atoms with van der Waals surface area (Å²) in [6.07, 6.45) is 0.109. The molecule has 0 unspecified atom stereocenters. The molecule has 8 heavy (non-hydrogen) atoms. The molecule has 0 rings (SSSR count). The summed E-state index contributed by atoms with van der Waals surface area (Å²) in [5, 5.41) is 15.0. The molecule has 0 bridgehead atoms. The summed E-state index contributed by atoms with van der Waals surface area (Å²) in [4.78, 5) is 13.7. The zero-order chi connectivity index (χ0) is 6.57. The van der Waals surface area contributed by atoms with Crippen molar-refractivity contribution in [3.63, 3.8) is 0 Å². The van der Waals surface area contributed by atoms with E-state index in [1.165, 1.54) is 6.92 Å². The third-order valence-corrected chi connectivity index (χ3v) is 0.472. The highest BCUT2D eigenvalue weighted by Gasteiger charge is 2.00. The van der Waals surface area contributed by atoms with E-state index in [9.17, 15) is 4.79 Å². The first-order chi connectivity index (χ1) is 3.66. The molecule has 48 valence electrons. The molecule has 5 heteroatoms. The topological polar surface area (TPSA) is 70.0 Å². The molecule has 0 aromatic carbocycles. The normalized spacial score (nSPS) is 9.50. The number of carbonyl (C=O) groups excluding carboxylic acids is 1. The summed E-state index contributed by atoms with van der Waals surface area (Å²) in [5.41, 5.74) is 0. The molecule has 0 aliphatic heterocycles. The molecule has 0 saturated heterocycles. The van der Waals surface area contributed by atoms with Crippen LogP contribution in [-0.4, -0.2) is 21.8 Å². The maximum Gasteiger partial charge on any atom is 0.330 e. The summed E-state index contributed by atoms with van der Waals surface area (Å²) in [5.74, 6) is -0.699. The van der Waals surface area contributed by atoms with Gasteiger partial charge in [-0.3, -0.25) is 15.2 Å². The van der Waals surface area contributed by atoms with Gasteiger partial charge in [-0.25, -0.2) is 0 Å². The van der Waals surface area contributed by atoms with Gasteiger partial charge in [0.15, 0.2) is 0 Å². The molecule has 0 radical (unpaired) electrons. The second kappa shape index (κ2) is 3.36. The number of carbonyl (C=O) groups is 1. The molecule has 0 aliphatic carbocycles. The third kappa shape index (κ3) is 3.54. The first-order valence-electron chi connectivity index (χ1n) is 2.05. The van der Waals surface area contributed by atoms with E-state index in [4.69, 9.17) is 10.4 Å². The molecule has 2 N–H and O–H groups in total. The Morgan fingerprint density at radius 1 is 1.75 bits per heavy atom. The molecule has 0 fully saturated rings. The van der Waals surface area contributed by atoms with Gasteiger partial charge >= 0.3 is 5.97 Å². The van der Waals surface area contributed by atoms with Gasteiger partial charge in [0.05, 0.1) is 0 Å². The van der Waals surface area contributed by atoms with Crippen LogP contribution in [0.15, 0.2) is 0 Å². The maximum absolute atomic E-state index is 10.0. The predicted octanol–water partition coefficient (Wildman–Crippen LogP) is -0.0650. The van der Waals surface area contributed by atoms with E-state index in [0.717, 1.165) is 0 Å². The molecular weight excluding hydrogens is 114 g/mol. The first-order valence-corrected chi connectivity index (χ1v) is 2.05. The van der Waals surface area contributed by atoms with E-state index in [2.05, 4.69) is 4.84 Å². The van der Waals surface area contributed by atoms with Crippen molar-refractivity contribution in [1.29, 1.82) is 0 Å². The van der Waals surface area contributed by atoms with Gasteiger partial charge in [0.25, 0.3) is 0 Å². The van der Waals surface area contributed by atoms with Crippen molar-refractivity contribution in [3.8, 4) is 0 Å². The van der Waals surface area contributed by atoms with Crippen molar-refractivity contribution in [2.45, 2.75) is 13.3 Å². The van der Waals surface area contributed by atoms with Crippen LogP contribution >= 0.6 is 0 Å². The van der Waals surface area contributed by atoms with Crippen LogP contribution in [0.5, 0.6) is 0 Å². The number of hydrogen-bond donors (Lipinski definition) is 2. The van der Waals surface area contributed by atoms with E-state index in [1.54, 1.807) is 0 Å². The fourth-order valence-electron chi connectivity index (χ4n) is 0.156. The van der Waals surface area contributed by atoms with E-state index >= 15 is 0 Å². The average molecular weight is 121 g/mol. The van der Waals surface area contributed by atoms with E-state index in [-0.39, 0.29) is 6.42 Å². The zero-order valence-corrected chi connectivity index (χ0v) is 4.37. The third-order valence-electron chi connectivity index (χ3n) is 0.472. The second-order valence-electron chi connectivity index (χ2n) is 1.07. The number of hydrogen-bond acceptors (Lipinski definition) is 5. The van der Waals surface area contributed by atoms with Gasteiger partial charge in [-0.05, 0) is 0 Å². The quantitative estimate of drug-likeness (QED) is 0.500. The minimum absolute atomic E-state index is 0.109. The molecular formula is C3H7NO4. The average Bonchev–Trinajstić information content (AvgIpc) is 1.65. The van der Waals surface area contributed by atoms with Crippen molar-refractivity contribution in [1.82, 2.24) is 5.39 Å². The minimum Gasteiger partial charge on any atom is -0.318 e. The van der Waals surface area contributed by atoms with E-state index in [1.807, 2.05) is 0 Å². The molecule has 0 amide bonds. The molecule has 0 heterocycles. The molecule has 0 aromatic heterocycles. The first kappa shape index (κ1) is 7.35. The van der Waals surface area contributed by atoms with Gasteiger partial charge in [-0.15, -0.1) is 0 Å². The van der Waals surface area contributed by atoms with Crippen LogP contribution in [0.4, 0.5) is 0 Å². The lowest BCUT2D eigenvalue weighted by Crippen LogP contribution is -2.18. The Balaban J connectivity index is 3.25. The Hall–Kier alpha value is -0.650. The molecule has 0 atom stereocenters. The van der Waals surface area contributed by atoms with Crippen molar-refractivity contribution in [2.75, 3.05) is 0 Å². The fourth-order valence-corrected chi connectivity index (χ4v) is 0.156. The SMILES string of the molecule is CCC(=O)ON(O)O. The second-order valence-corrected chi connectivity index (χ2v) is 1.07. The monoisotopic (exact) mass is 121 g/mol. The summed E-state index contributed by atoms with van der Waals surface area (Å²) in [6.45, 7) is 1.53. The van der Waals surface area contributed by atoms with Gasteiger partial charge in [-0.1, -0.05) is 6.92 Å².